The average Bonchev–Trinajstić information content (AvgIpc) is 2.62. The fourth-order valence-corrected chi connectivity index (χ4v) is 4.12. The van der Waals surface area contributed by atoms with Crippen LogP contribution in [0.15, 0.2) is 36.4 Å². The number of carboxylic acids is 1. The highest BCUT2D eigenvalue weighted by atomic mass is 35.5. The molecule has 138 valence electrons. The van der Waals surface area contributed by atoms with Crippen LogP contribution in [0.1, 0.15) is 36.5 Å². The number of aliphatic carboxylic acids is 1. The van der Waals surface area contributed by atoms with Gasteiger partial charge in [0.1, 0.15) is 0 Å². The third-order valence-electron chi connectivity index (χ3n) is 5.37. The molecule has 2 atom stereocenters. The quantitative estimate of drug-likeness (QED) is 0.856. The number of aliphatic hydroxyl groups excluding tert-OH is 1. The van der Waals surface area contributed by atoms with Gasteiger partial charge in [-0.15, -0.1) is 0 Å². The Labute approximate surface area is 157 Å². The second-order valence-corrected chi connectivity index (χ2v) is 7.28. The van der Waals surface area contributed by atoms with E-state index in [-0.39, 0.29) is 18.9 Å². The molecule has 0 spiro atoms. The Morgan fingerprint density at radius 1 is 1.23 bits per heavy atom. The molecular weight excluding hydrogens is 354 g/mol. The second kappa shape index (κ2) is 7.25. The standard InChI is InChI=1S/C20H22ClNO4/c1-2-9-20(19(25)26)10-11-22(12-17(20)23)18(24)15-7-3-6-14-13(15)5-4-8-16(14)21/h3-8,17,23H,2,9-12H2,1H3,(H,25,26)/t17-,20-/m0/s1. The molecule has 2 N–H and O–H groups in total. The molecular formula is C20H22ClNO4. The van der Waals surface area contributed by atoms with Crippen molar-refractivity contribution in [3.8, 4) is 0 Å². The van der Waals surface area contributed by atoms with Crippen LogP contribution in [-0.2, 0) is 4.79 Å². The number of halogens is 1. The van der Waals surface area contributed by atoms with E-state index in [1.54, 1.807) is 24.3 Å². The number of aliphatic hydroxyl groups is 1. The summed E-state index contributed by atoms with van der Waals surface area (Å²) < 4.78 is 0. The molecule has 2 aromatic carbocycles. The van der Waals surface area contributed by atoms with Crippen LogP contribution in [-0.4, -0.2) is 46.2 Å². The number of carbonyl (C=O) groups excluding carboxylic acids is 1. The van der Waals surface area contributed by atoms with Gasteiger partial charge in [0.2, 0.25) is 0 Å². The smallest absolute Gasteiger partial charge is 0.312 e. The minimum absolute atomic E-state index is 0.0160. The molecule has 1 aliphatic heterocycles. The third-order valence-corrected chi connectivity index (χ3v) is 5.70. The van der Waals surface area contributed by atoms with Crippen molar-refractivity contribution in [3.05, 3.63) is 47.0 Å². The maximum atomic E-state index is 13.0. The summed E-state index contributed by atoms with van der Waals surface area (Å²) in [6.45, 7) is 2.22. The molecule has 0 aliphatic carbocycles. The Kier molecular flexibility index (Phi) is 5.21. The number of amides is 1. The molecule has 1 fully saturated rings. The molecule has 1 saturated heterocycles. The lowest BCUT2D eigenvalue weighted by atomic mass is 9.72. The van der Waals surface area contributed by atoms with Crippen LogP contribution in [0.5, 0.6) is 0 Å². The molecule has 1 heterocycles. The molecule has 1 aliphatic rings. The zero-order valence-corrected chi connectivity index (χ0v) is 15.4. The van der Waals surface area contributed by atoms with E-state index in [2.05, 4.69) is 0 Å². The van der Waals surface area contributed by atoms with Crippen molar-refractivity contribution in [2.24, 2.45) is 5.41 Å². The maximum absolute atomic E-state index is 13.0. The first-order valence-corrected chi connectivity index (χ1v) is 9.16. The Morgan fingerprint density at radius 3 is 2.58 bits per heavy atom. The summed E-state index contributed by atoms with van der Waals surface area (Å²) in [4.78, 5) is 26.3. The van der Waals surface area contributed by atoms with Gasteiger partial charge >= 0.3 is 5.97 Å². The first-order valence-electron chi connectivity index (χ1n) is 8.78. The maximum Gasteiger partial charge on any atom is 0.312 e. The van der Waals surface area contributed by atoms with Crippen LogP contribution in [0.3, 0.4) is 0 Å². The minimum Gasteiger partial charge on any atom is -0.481 e. The summed E-state index contributed by atoms with van der Waals surface area (Å²) in [5, 5.41) is 22.3. The number of nitrogens with zero attached hydrogens (tertiary/aromatic N) is 1. The topological polar surface area (TPSA) is 77.8 Å². The van der Waals surface area contributed by atoms with Crippen molar-refractivity contribution < 1.29 is 19.8 Å². The summed E-state index contributed by atoms with van der Waals surface area (Å²) in [5.74, 6) is -1.21. The van der Waals surface area contributed by atoms with E-state index in [1.165, 1.54) is 4.90 Å². The van der Waals surface area contributed by atoms with Gasteiger partial charge in [0, 0.05) is 29.1 Å². The number of fused-ring (bicyclic) bond motifs is 1. The summed E-state index contributed by atoms with van der Waals surface area (Å²) >= 11 is 6.22. The van der Waals surface area contributed by atoms with Crippen LogP contribution in [0.25, 0.3) is 10.8 Å². The molecule has 1 amide bonds. The Bertz CT molecular complexity index is 853. The van der Waals surface area contributed by atoms with E-state index >= 15 is 0 Å². The van der Waals surface area contributed by atoms with Crippen molar-refractivity contribution in [2.75, 3.05) is 13.1 Å². The molecule has 0 unspecified atom stereocenters. The molecule has 26 heavy (non-hydrogen) atoms. The fraction of sp³-hybridized carbons (Fsp3) is 0.400. The molecule has 3 rings (SSSR count). The van der Waals surface area contributed by atoms with E-state index in [9.17, 15) is 19.8 Å². The highest BCUT2D eigenvalue weighted by molar-refractivity contribution is 6.36. The fourth-order valence-electron chi connectivity index (χ4n) is 3.88. The van der Waals surface area contributed by atoms with Crippen molar-refractivity contribution in [3.63, 3.8) is 0 Å². The predicted octanol–water partition coefficient (Wildman–Crippen LogP) is 3.57. The molecule has 2 aromatic rings. The lowest BCUT2D eigenvalue weighted by Gasteiger charge is -2.42. The monoisotopic (exact) mass is 375 g/mol. The van der Waals surface area contributed by atoms with E-state index in [1.807, 2.05) is 19.1 Å². The molecule has 0 radical (unpaired) electrons. The third kappa shape index (κ3) is 3.06. The first-order chi connectivity index (χ1) is 12.4. The number of carboxylic acid groups (broad SMARTS) is 1. The summed E-state index contributed by atoms with van der Waals surface area (Å²) in [6.07, 6.45) is 0.222. The Morgan fingerprint density at radius 2 is 1.92 bits per heavy atom. The van der Waals surface area contributed by atoms with Crippen LogP contribution < -0.4 is 0 Å². The van der Waals surface area contributed by atoms with Gasteiger partial charge in [-0.05, 0) is 30.4 Å². The average molecular weight is 376 g/mol. The molecule has 0 bridgehead atoms. The minimum atomic E-state index is -1.17. The van der Waals surface area contributed by atoms with Crippen LogP contribution >= 0.6 is 11.6 Å². The van der Waals surface area contributed by atoms with Gasteiger partial charge in [0.15, 0.2) is 0 Å². The molecule has 6 heteroatoms. The molecule has 5 nitrogen and oxygen atoms in total. The van der Waals surface area contributed by atoms with E-state index < -0.39 is 17.5 Å². The van der Waals surface area contributed by atoms with Gasteiger partial charge in [-0.1, -0.05) is 49.2 Å². The van der Waals surface area contributed by atoms with E-state index in [4.69, 9.17) is 11.6 Å². The summed E-state index contributed by atoms with van der Waals surface area (Å²) in [7, 11) is 0. The number of carbonyl (C=O) groups is 2. The Hall–Kier alpha value is -2.11. The van der Waals surface area contributed by atoms with Crippen molar-refractivity contribution in [2.45, 2.75) is 32.3 Å². The van der Waals surface area contributed by atoms with Gasteiger partial charge < -0.3 is 15.1 Å². The highest BCUT2D eigenvalue weighted by Crippen LogP contribution is 2.37. The SMILES string of the molecule is CCC[C@]1(C(=O)O)CCN(C(=O)c2cccc3c(Cl)cccc23)C[C@@H]1O. The Balaban J connectivity index is 1.89. The van der Waals surface area contributed by atoms with Crippen molar-refractivity contribution in [1.82, 2.24) is 4.90 Å². The van der Waals surface area contributed by atoms with Crippen LogP contribution in [0.4, 0.5) is 0 Å². The summed E-state index contributed by atoms with van der Waals surface area (Å²) in [6, 6.07) is 10.8. The highest BCUT2D eigenvalue weighted by Gasteiger charge is 2.48. The molecule has 0 aromatic heterocycles. The number of hydrogen-bond donors (Lipinski definition) is 2. The summed E-state index contributed by atoms with van der Waals surface area (Å²) in [5.41, 5.74) is -0.663. The van der Waals surface area contributed by atoms with Crippen molar-refractivity contribution >= 4 is 34.2 Å². The number of benzene rings is 2. The van der Waals surface area contributed by atoms with E-state index in [0.717, 1.165) is 10.8 Å². The lowest BCUT2D eigenvalue weighted by molar-refractivity contribution is -0.162. The van der Waals surface area contributed by atoms with Crippen LogP contribution in [0.2, 0.25) is 5.02 Å². The number of likely N-dealkylation sites (tertiary alicyclic amines) is 1. The van der Waals surface area contributed by atoms with Crippen LogP contribution in [0, 0.1) is 5.41 Å². The lowest BCUT2D eigenvalue weighted by Crippen LogP contribution is -2.56. The normalized spacial score (nSPS) is 23.2. The predicted molar refractivity (Wildman–Crippen MR) is 100 cm³/mol. The number of β-amino-alcohol motifs (C(OH)–C–C–N with tert-alkyl or cyclic N) is 1. The molecule has 0 saturated carbocycles. The van der Waals surface area contributed by atoms with E-state index in [0.29, 0.717) is 30.0 Å². The number of hydrogen-bond acceptors (Lipinski definition) is 3. The van der Waals surface area contributed by atoms with Gasteiger partial charge in [-0.3, -0.25) is 9.59 Å². The number of rotatable bonds is 4. The second-order valence-electron chi connectivity index (χ2n) is 6.87. The first kappa shape index (κ1) is 18.7. The zero-order chi connectivity index (χ0) is 18.9. The number of piperidine rings is 1. The van der Waals surface area contributed by atoms with Crippen molar-refractivity contribution in [1.29, 1.82) is 0 Å². The zero-order valence-electron chi connectivity index (χ0n) is 14.6. The largest absolute Gasteiger partial charge is 0.481 e. The van der Waals surface area contributed by atoms with Gasteiger partial charge in [0.25, 0.3) is 5.91 Å². The van der Waals surface area contributed by atoms with Gasteiger partial charge in [-0.25, -0.2) is 0 Å². The van der Waals surface area contributed by atoms with Gasteiger partial charge in [-0.2, -0.15) is 0 Å². The van der Waals surface area contributed by atoms with Gasteiger partial charge in [0.05, 0.1) is 11.5 Å².